The Morgan fingerprint density at radius 3 is 2.78 bits per heavy atom. The van der Waals surface area contributed by atoms with Crippen molar-refractivity contribution in [2.24, 2.45) is 11.8 Å². The highest BCUT2D eigenvalue weighted by atomic mass is 32.1. The van der Waals surface area contributed by atoms with Gasteiger partial charge in [0.15, 0.2) is 0 Å². The van der Waals surface area contributed by atoms with Gasteiger partial charge < -0.3 is 5.32 Å². The van der Waals surface area contributed by atoms with Gasteiger partial charge in [-0.2, -0.15) is 0 Å². The first-order chi connectivity index (χ1) is 8.78. The molecule has 0 spiro atoms. The third-order valence-electron chi connectivity index (χ3n) is 4.52. The number of hydrogen-bond acceptors (Lipinski definition) is 2. The minimum Gasteiger partial charge on any atom is -0.312 e. The van der Waals surface area contributed by atoms with E-state index >= 15 is 0 Å². The summed E-state index contributed by atoms with van der Waals surface area (Å²) in [6, 6.07) is 5.25. The molecule has 1 heterocycles. The third kappa shape index (κ3) is 3.16. The van der Waals surface area contributed by atoms with E-state index in [0.717, 1.165) is 11.8 Å². The Kier molecular flexibility index (Phi) is 5.25. The van der Waals surface area contributed by atoms with E-state index in [9.17, 15) is 0 Å². The van der Waals surface area contributed by atoms with Gasteiger partial charge in [-0.25, -0.2) is 0 Å². The maximum atomic E-state index is 3.58. The normalized spacial score (nSPS) is 26.2. The monoisotopic (exact) mass is 265 g/mol. The van der Waals surface area contributed by atoms with Crippen LogP contribution in [-0.2, 0) is 6.42 Å². The van der Waals surface area contributed by atoms with E-state index < -0.39 is 0 Å². The third-order valence-corrected chi connectivity index (χ3v) is 5.83. The Balaban J connectivity index is 2.07. The van der Waals surface area contributed by atoms with E-state index in [0.29, 0.717) is 6.04 Å². The van der Waals surface area contributed by atoms with E-state index in [1.54, 1.807) is 4.88 Å². The number of rotatable bonds is 5. The lowest BCUT2D eigenvalue weighted by Crippen LogP contribution is -2.28. The lowest BCUT2D eigenvalue weighted by atomic mass is 9.76. The summed E-state index contributed by atoms with van der Waals surface area (Å²) in [5.74, 6) is 1.81. The molecule has 1 aromatic rings. The second-order valence-corrected chi connectivity index (χ2v) is 6.82. The van der Waals surface area contributed by atoms with Crippen molar-refractivity contribution in [1.29, 1.82) is 0 Å². The minimum absolute atomic E-state index is 0.588. The van der Waals surface area contributed by atoms with Crippen LogP contribution in [0.3, 0.4) is 0 Å². The lowest BCUT2D eigenvalue weighted by Gasteiger charge is -2.33. The highest BCUT2D eigenvalue weighted by molar-refractivity contribution is 7.12. The van der Waals surface area contributed by atoms with Crippen molar-refractivity contribution in [2.75, 3.05) is 7.05 Å². The summed E-state index contributed by atoms with van der Waals surface area (Å²) in [5, 5.41) is 3.58. The molecule has 102 valence electrons. The SMILES string of the molecule is CCc1ccc(C(NC)C2CCCC(CC)C2)s1. The molecule has 1 aliphatic rings. The summed E-state index contributed by atoms with van der Waals surface area (Å²) in [6.45, 7) is 4.60. The van der Waals surface area contributed by atoms with Gasteiger partial charge in [-0.15, -0.1) is 11.3 Å². The summed E-state index contributed by atoms with van der Waals surface area (Å²) < 4.78 is 0. The fourth-order valence-corrected chi connectivity index (χ4v) is 4.52. The first-order valence-electron chi connectivity index (χ1n) is 7.54. The Labute approximate surface area is 116 Å². The van der Waals surface area contributed by atoms with Crippen LogP contribution >= 0.6 is 11.3 Å². The van der Waals surface area contributed by atoms with Gasteiger partial charge in [0, 0.05) is 15.8 Å². The summed E-state index contributed by atoms with van der Waals surface area (Å²) in [5.41, 5.74) is 0. The Morgan fingerprint density at radius 1 is 1.33 bits per heavy atom. The predicted molar refractivity (Wildman–Crippen MR) is 81.2 cm³/mol. The van der Waals surface area contributed by atoms with Crippen molar-refractivity contribution >= 4 is 11.3 Å². The molecule has 2 rings (SSSR count). The van der Waals surface area contributed by atoms with Crippen molar-refractivity contribution in [3.63, 3.8) is 0 Å². The molecule has 0 amide bonds. The van der Waals surface area contributed by atoms with Crippen LogP contribution in [-0.4, -0.2) is 7.05 Å². The lowest BCUT2D eigenvalue weighted by molar-refractivity contribution is 0.216. The molecule has 1 saturated carbocycles. The maximum Gasteiger partial charge on any atom is 0.0441 e. The van der Waals surface area contributed by atoms with Crippen LogP contribution in [0.5, 0.6) is 0 Å². The Bertz CT molecular complexity index is 358. The number of thiophene rings is 1. The van der Waals surface area contributed by atoms with Crippen LogP contribution < -0.4 is 5.32 Å². The van der Waals surface area contributed by atoms with Crippen LogP contribution in [0.15, 0.2) is 12.1 Å². The van der Waals surface area contributed by atoms with Crippen LogP contribution in [0, 0.1) is 11.8 Å². The van der Waals surface area contributed by atoms with Crippen LogP contribution in [0.25, 0.3) is 0 Å². The molecule has 3 atom stereocenters. The molecule has 1 aliphatic carbocycles. The molecule has 2 heteroatoms. The van der Waals surface area contributed by atoms with Gasteiger partial charge in [0.05, 0.1) is 0 Å². The van der Waals surface area contributed by atoms with Crippen molar-refractivity contribution in [1.82, 2.24) is 5.32 Å². The van der Waals surface area contributed by atoms with Crippen molar-refractivity contribution in [3.05, 3.63) is 21.9 Å². The zero-order chi connectivity index (χ0) is 13.0. The summed E-state index contributed by atoms with van der Waals surface area (Å²) in [4.78, 5) is 3.07. The van der Waals surface area contributed by atoms with Gasteiger partial charge in [-0.1, -0.05) is 33.1 Å². The minimum atomic E-state index is 0.588. The molecule has 1 aromatic heterocycles. The van der Waals surface area contributed by atoms with Crippen molar-refractivity contribution in [2.45, 2.75) is 58.4 Å². The van der Waals surface area contributed by atoms with Crippen LogP contribution in [0.2, 0.25) is 0 Å². The highest BCUT2D eigenvalue weighted by Gasteiger charge is 2.28. The Morgan fingerprint density at radius 2 is 2.17 bits per heavy atom. The molecule has 0 aliphatic heterocycles. The molecular weight excluding hydrogens is 238 g/mol. The van der Waals surface area contributed by atoms with Crippen LogP contribution in [0.4, 0.5) is 0 Å². The first kappa shape index (κ1) is 14.1. The van der Waals surface area contributed by atoms with Gasteiger partial charge in [-0.3, -0.25) is 0 Å². The molecule has 3 unspecified atom stereocenters. The number of aryl methyl sites for hydroxylation is 1. The fraction of sp³-hybridized carbons (Fsp3) is 0.750. The molecule has 1 N–H and O–H groups in total. The van der Waals surface area contributed by atoms with E-state index in [1.807, 2.05) is 11.3 Å². The number of hydrogen-bond donors (Lipinski definition) is 1. The second-order valence-electron chi connectivity index (χ2n) is 5.62. The molecule has 1 fully saturated rings. The molecule has 0 saturated heterocycles. The largest absolute Gasteiger partial charge is 0.312 e. The van der Waals surface area contributed by atoms with E-state index in [-0.39, 0.29) is 0 Å². The molecule has 1 nitrogen and oxygen atoms in total. The fourth-order valence-electron chi connectivity index (χ4n) is 3.37. The molecular formula is C16H27NS. The van der Waals surface area contributed by atoms with E-state index in [4.69, 9.17) is 0 Å². The quantitative estimate of drug-likeness (QED) is 0.807. The van der Waals surface area contributed by atoms with E-state index in [2.05, 4.69) is 38.3 Å². The zero-order valence-electron chi connectivity index (χ0n) is 12.0. The second kappa shape index (κ2) is 6.72. The average Bonchev–Trinajstić information content (AvgIpc) is 2.88. The molecule has 0 bridgehead atoms. The summed E-state index contributed by atoms with van der Waals surface area (Å²) >= 11 is 2.01. The van der Waals surface area contributed by atoms with Crippen molar-refractivity contribution in [3.8, 4) is 0 Å². The van der Waals surface area contributed by atoms with Gasteiger partial charge in [-0.05, 0) is 50.3 Å². The topological polar surface area (TPSA) is 12.0 Å². The molecule has 0 aromatic carbocycles. The highest BCUT2D eigenvalue weighted by Crippen LogP contribution is 2.40. The van der Waals surface area contributed by atoms with Gasteiger partial charge >= 0.3 is 0 Å². The molecule has 18 heavy (non-hydrogen) atoms. The standard InChI is InChI=1S/C16H27NS/c1-4-12-7-6-8-13(11-12)16(17-3)15-10-9-14(5-2)18-15/h9-10,12-13,16-17H,4-8,11H2,1-3H3. The smallest absolute Gasteiger partial charge is 0.0441 e. The zero-order valence-corrected chi connectivity index (χ0v) is 12.9. The maximum absolute atomic E-state index is 3.58. The first-order valence-corrected chi connectivity index (χ1v) is 8.36. The van der Waals surface area contributed by atoms with Gasteiger partial charge in [0.1, 0.15) is 0 Å². The Hall–Kier alpha value is -0.340. The van der Waals surface area contributed by atoms with Crippen LogP contribution in [0.1, 0.15) is 61.7 Å². The average molecular weight is 265 g/mol. The van der Waals surface area contributed by atoms with Gasteiger partial charge in [0.25, 0.3) is 0 Å². The van der Waals surface area contributed by atoms with Crippen molar-refractivity contribution < 1.29 is 0 Å². The summed E-state index contributed by atoms with van der Waals surface area (Å²) in [6.07, 6.45) is 8.23. The summed E-state index contributed by atoms with van der Waals surface area (Å²) in [7, 11) is 2.13. The predicted octanol–water partition coefficient (Wildman–Crippen LogP) is 4.79. The molecule has 0 radical (unpaired) electrons. The van der Waals surface area contributed by atoms with E-state index in [1.165, 1.54) is 43.4 Å². The number of nitrogens with one attached hydrogen (secondary N) is 1. The van der Waals surface area contributed by atoms with Gasteiger partial charge in [0.2, 0.25) is 0 Å².